The summed E-state index contributed by atoms with van der Waals surface area (Å²) in [6, 6.07) is 13.1. The van der Waals surface area contributed by atoms with E-state index in [4.69, 9.17) is 4.74 Å². The number of pyridine rings is 2. The molecule has 0 bridgehead atoms. The van der Waals surface area contributed by atoms with E-state index < -0.39 is 24.0 Å². The Morgan fingerprint density at radius 3 is 2.43 bits per heavy atom. The molecule has 2 aliphatic rings. The smallest absolute Gasteiger partial charge is 0.408 e. The van der Waals surface area contributed by atoms with E-state index in [2.05, 4.69) is 15.6 Å². The summed E-state index contributed by atoms with van der Waals surface area (Å²) < 4.78 is 20.9. The lowest BCUT2D eigenvalue weighted by Crippen LogP contribution is -2.50. The van der Waals surface area contributed by atoms with Gasteiger partial charge < -0.3 is 20.6 Å². The Labute approximate surface area is 214 Å². The number of carbonyl (C=O) groups is 2. The van der Waals surface area contributed by atoms with Gasteiger partial charge >= 0.3 is 6.09 Å². The molecule has 0 saturated heterocycles. The SMILES string of the molecule is Cc1cc[n+]([O-])cc1-c1ccc(NC(=O)[C@@H](NC(=O)OCc2ccccc2)C(C2CC2)C2CC2)nc1F. The zero-order valence-corrected chi connectivity index (χ0v) is 20.5. The molecular formula is C28H29FN4O4. The second-order valence-corrected chi connectivity index (χ2v) is 9.86. The maximum absolute atomic E-state index is 14.9. The predicted octanol–water partition coefficient (Wildman–Crippen LogP) is 4.50. The molecule has 192 valence electrons. The third kappa shape index (κ3) is 6.04. The Hall–Kier alpha value is -4.01. The first-order chi connectivity index (χ1) is 17.9. The van der Waals surface area contributed by atoms with Crippen LogP contribution >= 0.6 is 0 Å². The molecule has 1 atom stereocenters. The Bertz CT molecular complexity index is 1280. The van der Waals surface area contributed by atoms with Gasteiger partial charge in [0.1, 0.15) is 18.5 Å². The fourth-order valence-corrected chi connectivity index (χ4v) is 4.86. The third-order valence-electron chi connectivity index (χ3n) is 7.03. The molecular weight excluding hydrogens is 475 g/mol. The highest BCUT2D eigenvalue weighted by atomic mass is 19.1. The number of carbonyl (C=O) groups excluding carboxylic acids is 2. The van der Waals surface area contributed by atoms with Crippen molar-refractivity contribution in [2.45, 2.75) is 45.3 Å². The highest BCUT2D eigenvalue weighted by Crippen LogP contribution is 2.50. The minimum absolute atomic E-state index is 0.00661. The average Bonchev–Trinajstić information content (AvgIpc) is 3.80. The van der Waals surface area contributed by atoms with Gasteiger partial charge in [-0.05, 0) is 73.6 Å². The summed E-state index contributed by atoms with van der Waals surface area (Å²) in [5, 5.41) is 17.2. The lowest BCUT2D eigenvalue weighted by atomic mass is 9.89. The van der Waals surface area contributed by atoms with Crippen molar-refractivity contribution in [1.82, 2.24) is 10.3 Å². The molecule has 2 amide bonds. The second kappa shape index (κ2) is 10.5. The lowest BCUT2D eigenvalue weighted by molar-refractivity contribution is -0.604. The van der Waals surface area contributed by atoms with Gasteiger partial charge in [-0.2, -0.15) is 9.12 Å². The predicted molar refractivity (Wildman–Crippen MR) is 134 cm³/mol. The highest BCUT2D eigenvalue weighted by Gasteiger charge is 2.48. The van der Waals surface area contributed by atoms with Crippen LogP contribution in [0.1, 0.15) is 36.8 Å². The van der Waals surface area contributed by atoms with Gasteiger partial charge in [0.25, 0.3) is 0 Å². The van der Waals surface area contributed by atoms with E-state index in [9.17, 15) is 19.2 Å². The number of hydrogen-bond acceptors (Lipinski definition) is 5. The van der Waals surface area contributed by atoms with E-state index in [0.717, 1.165) is 36.8 Å². The zero-order chi connectivity index (χ0) is 25.9. The Balaban J connectivity index is 1.31. The first-order valence-corrected chi connectivity index (χ1v) is 12.5. The van der Waals surface area contributed by atoms with E-state index in [0.29, 0.717) is 22.1 Å². The molecule has 2 saturated carbocycles. The summed E-state index contributed by atoms with van der Waals surface area (Å²) in [7, 11) is 0. The van der Waals surface area contributed by atoms with Gasteiger partial charge in [-0.25, -0.2) is 9.78 Å². The van der Waals surface area contributed by atoms with Crippen LogP contribution in [0.4, 0.5) is 15.0 Å². The van der Waals surface area contributed by atoms with Crippen LogP contribution in [-0.4, -0.2) is 23.0 Å². The number of ether oxygens (including phenoxy) is 1. The van der Waals surface area contributed by atoms with Crippen LogP contribution in [0.25, 0.3) is 11.1 Å². The molecule has 2 aliphatic carbocycles. The molecule has 0 spiro atoms. The number of aromatic nitrogens is 2. The number of hydrogen-bond donors (Lipinski definition) is 2. The maximum atomic E-state index is 14.9. The Morgan fingerprint density at radius 2 is 1.78 bits per heavy atom. The summed E-state index contributed by atoms with van der Waals surface area (Å²) in [4.78, 5) is 30.0. The number of aryl methyl sites for hydroxylation is 1. The maximum Gasteiger partial charge on any atom is 0.408 e. The van der Waals surface area contributed by atoms with Crippen molar-refractivity contribution in [3.05, 3.63) is 83.2 Å². The van der Waals surface area contributed by atoms with Gasteiger partial charge in [0.05, 0.1) is 5.56 Å². The van der Waals surface area contributed by atoms with Crippen LogP contribution < -0.4 is 15.4 Å². The standard InChI is InChI=1S/C28H29FN4O4/c1-17-13-14-33(36)15-22(17)21-11-12-23(30-26(21)29)31-27(34)25(24(19-7-8-19)20-9-10-20)32-28(35)37-16-18-5-3-2-4-6-18/h2-6,11-15,19-20,24-25H,7-10,16H2,1H3,(H,32,35)(H,30,31,34)/t25-/m0/s1. The number of amides is 2. The van der Waals surface area contributed by atoms with Crippen molar-refractivity contribution in [2.24, 2.45) is 17.8 Å². The molecule has 2 aromatic heterocycles. The minimum atomic E-state index is -0.816. The summed E-state index contributed by atoms with van der Waals surface area (Å²) >= 11 is 0. The van der Waals surface area contributed by atoms with Crippen LogP contribution in [0.2, 0.25) is 0 Å². The van der Waals surface area contributed by atoms with Gasteiger partial charge in [0.2, 0.25) is 11.9 Å². The van der Waals surface area contributed by atoms with E-state index in [1.54, 1.807) is 13.0 Å². The zero-order valence-electron chi connectivity index (χ0n) is 20.5. The van der Waals surface area contributed by atoms with Crippen molar-refractivity contribution >= 4 is 17.8 Å². The first-order valence-electron chi connectivity index (χ1n) is 12.5. The quantitative estimate of drug-likeness (QED) is 0.254. The molecule has 8 nitrogen and oxygen atoms in total. The third-order valence-corrected chi connectivity index (χ3v) is 7.03. The molecule has 9 heteroatoms. The normalized spacial score (nSPS) is 15.8. The molecule has 2 fully saturated rings. The minimum Gasteiger partial charge on any atom is -0.619 e. The van der Waals surface area contributed by atoms with Crippen molar-refractivity contribution < 1.29 is 23.4 Å². The molecule has 37 heavy (non-hydrogen) atoms. The molecule has 1 aromatic carbocycles. The van der Waals surface area contributed by atoms with Crippen LogP contribution in [0.15, 0.2) is 60.9 Å². The van der Waals surface area contributed by atoms with E-state index in [1.807, 2.05) is 30.3 Å². The fraction of sp³-hybridized carbons (Fsp3) is 0.357. The van der Waals surface area contributed by atoms with Crippen LogP contribution in [-0.2, 0) is 16.1 Å². The highest BCUT2D eigenvalue weighted by molar-refractivity contribution is 5.96. The number of nitrogens with one attached hydrogen (secondary N) is 2. The topological polar surface area (TPSA) is 107 Å². The number of nitrogens with zero attached hydrogens (tertiary/aromatic N) is 2. The molecule has 0 radical (unpaired) electrons. The molecule has 3 aromatic rings. The van der Waals surface area contributed by atoms with Gasteiger partial charge in [0, 0.05) is 11.6 Å². The largest absolute Gasteiger partial charge is 0.619 e. The van der Waals surface area contributed by atoms with E-state index >= 15 is 0 Å². The summed E-state index contributed by atoms with van der Waals surface area (Å²) in [6.45, 7) is 1.86. The van der Waals surface area contributed by atoms with E-state index in [-0.39, 0.29) is 23.9 Å². The van der Waals surface area contributed by atoms with Crippen molar-refractivity contribution in [1.29, 1.82) is 0 Å². The van der Waals surface area contributed by atoms with Crippen molar-refractivity contribution in [2.75, 3.05) is 5.32 Å². The molecule has 2 N–H and O–H groups in total. The first kappa shape index (κ1) is 24.7. The number of halogens is 1. The number of rotatable bonds is 9. The number of benzene rings is 1. The van der Waals surface area contributed by atoms with Gasteiger partial charge in [-0.1, -0.05) is 30.3 Å². The van der Waals surface area contributed by atoms with Crippen LogP contribution in [0.5, 0.6) is 0 Å². The van der Waals surface area contributed by atoms with Crippen molar-refractivity contribution in [3.8, 4) is 11.1 Å². The lowest BCUT2D eigenvalue weighted by Gasteiger charge is -2.27. The molecule has 5 rings (SSSR count). The fourth-order valence-electron chi connectivity index (χ4n) is 4.86. The number of alkyl carbamates (subject to hydrolysis) is 1. The van der Waals surface area contributed by atoms with Crippen LogP contribution in [0.3, 0.4) is 0 Å². The molecule has 2 heterocycles. The van der Waals surface area contributed by atoms with Gasteiger partial charge in [-0.3, -0.25) is 4.79 Å². The Kier molecular flexibility index (Phi) is 7.03. The summed E-state index contributed by atoms with van der Waals surface area (Å²) in [6.07, 6.45) is 6.02. The molecule has 0 unspecified atom stereocenters. The monoisotopic (exact) mass is 504 g/mol. The van der Waals surface area contributed by atoms with Gasteiger partial charge in [0.15, 0.2) is 12.4 Å². The number of anilines is 1. The average molecular weight is 505 g/mol. The van der Waals surface area contributed by atoms with Crippen molar-refractivity contribution in [3.63, 3.8) is 0 Å². The Morgan fingerprint density at radius 1 is 1.08 bits per heavy atom. The van der Waals surface area contributed by atoms with Gasteiger partial charge in [-0.15, -0.1) is 0 Å². The molecule has 0 aliphatic heterocycles. The second-order valence-electron chi connectivity index (χ2n) is 9.86. The van der Waals surface area contributed by atoms with E-state index in [1.165, 1.54) is 24.5 Å². The summed E-state index contributed by atoms with van der Waals surface area (Å²) in [5.74, 6) is -0.500. The summed E-state index contributed by atoms with van der Waals surface area (Å²) in [5.41, 5.74) is 2.15. The van der Waals surface area contributed by atoms with Crippen LogP contribution in [0, 0.1) is 35.8 Å².